The second kappa shape index (κ2) is 5.32. The van der Waals surface area contributed by atoms with Crippen LogP contribution in [0.3, 0.4) is 0 Å². The second-order valence-electron chi connectivity index (χ2n) is 6.17. The highest BCUT2D eigenvalue weighted by Gasteiger charge is 2.32. The average molecular weight is 301 g/mol. The number of halogens is 2. The molecule has 3 nitrogen and oxygen atoms in total. The molecular formula is C17H17F2N3. The average Bonchev–Trinajstić information content (AvgIpc) is 2.88. The van der Waals surface area contributed by atoms with E-state index in [1.54, 1.807) is 12.4 Å². The Balaban J connectivity index is 1.67. The number of anilines is 1. The molecule has 3 heterocycles. The van der Waals surface area contributed by atoms with Gasteiger partial charge in [0.05, 0.1) is 11.9 Å². The first-order valence-corrected chi connectivity index (χ1v) is 7.58. The largest absolute Gasteiger partial charge is 0.368 e. The SMILES string of the molecule is Fc1ccc(F)c(-c2cncc(N3CC4CNC(C4)C3)c2)c1. The highest BCUT2D eigenvalue weighted by atomic mass is 19.1. The summed E-state index contributed by atoms with van der Waals surface area (Å²) in [6.45, 7) is 2.99. The number of benzene rings is 1. The summed E-state index contributed by atoms with van der Waals surface area (Å²) in [6, 6.07) is 5.92. The minimum atomic E-state index is -0.443. The van der Waals surface area contributed by atoms with E-state index < -0.39 is 11.6 Å². The van der Waals surface area contributed by atoms with E-state index in [0.717, 1.165) is 37.5 Å². The summed E-state index contributed by atoms with van der Waals surface area (Å²) in [5.41, 5.74) is 1.84. The van der Waals surface area contributed by atoms with Crippen molar-refractivity contribution in [3.05, 3.63) is 48.3 Å². The lowest BCUT2D eigenvalue weighted by molar-refractivity contribution is 0.474. The van der Waals surface area contributed by atoms with Gasteiger partial charge in [0.1, 0.15) is 11.6 Å². The Kier molecular flexibility index (Phi) is 3.30. The van der Waals surface area contributed by atoms with Crippen LogP contribution in [0, 0.1) is 17.6 Å². The summed E-state index contributed by atoms with van der Waals surface area (Å²) in [4.78, 5) is 6.51. The van der Waals surface area contributed by atoms with Crippen LogP contribution in [0.4, 0.5) is 14.5 Å². The molecule has 1 aromatic carbocycles. The van der Waals surface area contributed by atoms with Crippen molar-refractivity contribution in [1.82, 2.24) is 10.3 Å². The Hall–Kier alpha value is -2.01. The lowest BCUT2D eigenvalue weighted by Crippen LogP contribution is -2.41. The molecule has 2 aliphatic heterocycles. The minimum Gasteiger partial charge on any atom is -0.368 e. The Bertz CT molecular complexity index is 692. The number of piperidine rings is 1. The molecule has 2 saturated heterocycles. The van der Waals surface area contributed by atoms with Crippen molar-refractivity contribution in [2.75, 3.05) is 24.5 Å². The molecular weight excluding hydrogens is 284 g/mol. The fourth-order valence-electron chi connectivity index (χ4n) is 3.51. The van der Waals surface area contributed by atoms with Crippen LogP contribution in [0.15, 0.2) is 36.7 Å². The van der Waals surface area contributed by atoms with Crippen molar-refractivity contribution < 1.29 is 8.78 Å². The Labute approximate surface area is 128 Å². The normalized spacial score (nSPS) is 23.8. The molecule has 0 aliphatic carbocycles. The van der Waals surface area contributed by atoms with E-state index in [0.29, 0.717) is 17.5 Å². The zero-order valence-electron chi connectivity index (χ0n) is 12.1. The first-order chi connectivity index (χ1) is 10.7. The van der Waals surface area contributed by atoms with Gasteiger partial charge in [-0.25, -0.2) is 8.78 Å². The lowest BCUT2D eigenvalue weighted by Gasteiger charge is -2.32. The molecule has 2 aliphatic rings. The van der Waals surface area contributed by atoms with Crippen LogP contribution < -0.4 is 10.2 Å². The van der Waals surface area contributed by atoms with Crippen molar-refractivity contribution in [1.29, 1.82) is 0 Å². The topological polar surface area (TPSA) is 28.2 Å². The van der Waals surface area contributed by atoms with E-state index in [1.807, 2.05) is 6.07 Å². The molecule has 2 fully saturated rings. The van der Waals surface area contributed by atoms with Gasteiger partial charge in [0.15, 0.2) is 0 Å². The number of rotatable bonds is 2. The summed E-state index contributed by atoms with van der Waals surface area (Å²) >= 11 is 0. The highest BCUT2D eigenvalue weighted by molar-refractivity contribution is 5.67. The molecule has 0 spiro atoms. The molecule has 0 amide bonds. The quantitative estimate of drug-likeness (QED) is 0.924. The van der Waals surface area contributed by atoms with E-state index in [-0.39, 0.29) is 5.56 Å². The van der Waals surface area contributed by atoms with Crippen LogP contribution in [0.25, 0.3) is 11.1 Å². The van der Waals surface area contributed by atoms with Crippen LogP contribution in [0.1, 0.15) is 6.42 Å². The fraction of sp³-hybridized carbons (Fsp3) is 0.353. The van der Waals surface area contributed by atoms with Gasteiger partial charge in [-0.2, -0.15) is 0 Å². The van der Waals surface area contributed by atoms with Gasteiger partial charge < -0.3 is 10.2 Å². The van der Waals surface area contributed by atoms with E-state index >= 15 is 0 Å². The number of hydrogen-bond donors (Lipinski definition) is 1. The monoisotopic (exact) mass is 301 g/mol. The third-order valence-electron chi connectivity index (χ3n) is 4.56. The number of hydrogen-bond acceptors (Lipinski definition) is 3. The summed E-state index contributed by atoms with van der Waals surface area (Å²) in [5.74, 6) is -0.212. The maximum atomic E-state index is 13.9. The van der Waals surface area contributed by atoms with Crippen LogP contribution in [-0.2, 0) is 0 Å². The molecule has 0 radical (unpaired) electrons. The predicted octanol–water partition coefficient (Wildman–Crippen LogP) is 2.82. The first kappa shape index (κ1) is 13.6. The molecule has 114 valence electrons. The maximum absolute atomic E-state index is 13.9. The summed E-state index contributed by atoms with van der Waals surface area (Å²) < 4.78 is 27.3. The van der Waals surface area contributed by atoms with Crippen LogP contribution >= 0.6 is 0 Å². The van der Waals surface area contributed by atoms with Crippen molar-refractivity contribution >= 4 is 5.69 Å². The molecule has 22 heavy (non-hydrogen) atoms. The third kappa shape index (κ3) is 2.46. The van der Waals surface area contributed by atoms with E-state index in [1.165, 1.54) is 12.5 Å². The molecule has 1 N–H and O–H groups in total. The maximum Gasteiger partial charge on any atom is 0.131 e. The standard InChI is InChI=1S/C17H17F2N3/c18-13-1-2-17(19)16(5-13)12-4-15(8-20-7-12)22-9-11-3-14(10-22)21-6-11/h1-2,4-5,7-8,11,14,21H,3,6,9-10H2. The summed E-state index contributed by atoms with van der Waals surface area (Å²) in [5, 5.41) is 3.51. The van der Waals surface area contributed by atoms with E-state index in [4.69, 9.17) is 0 Å². The van der Waals surface area contributed by atoms with Crippen LogP contribution in [0.2, 0.25) is 0 Å². The van der Waals surface area contributed by atoms with E-state index in [2.05, 4.69) is 15.2 Å². The predicted molar refractivity (Wildman–Crippen MR) is 81.7 cm³/mol. The molecule has 2 atom stereocenters. The second-order valence-corrected chi connectivity index (χ2v) is 6.17. The van der Waals surface area contributed by atoms with Gasteiger partial charge in [-0.1, -0.05) is 0 Å². The Morgan fingerprint density at radius 3 is 2.91 bits per heavy atom. The Morgan fingerprint density at radius 1 is 1.14 bits per heavy atom. The van der Waals surface area contributed by atoms with Gasteiger partial charge in [0.2, 0.25) is 0 Å². The highest BCUT2D eigenvalue weighted by Crippen LogP contribution is 2.30. The molecule has 0 saturated carbocycles. The third-order valence-corrected chi connectivity index (χ3v) is 4.56. The van der Waals surface area contributed by atoms with Crippen LogP contribution in [0.5, 0.6) is 0 Å². The Morgan fingerprint density at radius 2 is 2.05 bits per heavy atom. The molecule has 4 rings (SSSR count). The van der Waals surface area contributed by atoms with E-state index in [9.17, 15) is 8.78 Å². The number of nitrogens with zero attached hydrogens (tertiary/aromatic N) is 2. The zero-order valence-corrected chi connectivity index (χ0v) is 12.1. The molecule has 2 bridgehead atoms. The number of fused-ring (bicyclic) bond motifs is 2. The molecule has 2 unspecified atom stereocenters. The van der Waals surface area contributed by atoms with Gasteiger partial charge >= 0.3 is 0 Å². The first-order valence-electron chi connectivity index (χ1n) is 7.58. The number of nitrogens with one attached hydrogen (secondary N) is 1. The minimum absolute atomic E-state index is 0.257. The lowest BCUT2D eigenvalue weighted by atomic mass is 9.99. The summed E-state index contributed by atoms with van der Waals surface area (Å²) in [6.07, 6.45) is 4.60. The van der Waals surface area contributed by atoms with Crippen molar-refractivity contribution in [2.45, 2.75) is 12.5 Å². The van der Waals surface area contributed by atoms with Gasteiger partial charge in [0, 0.05) is 43.0 Å². The van der Waals surface area contributed by atoms with Gasteiger partial charge in [-0.15, -0.1) is 0 Å². The fourth-order valence-corrected chi connectivity index (χ4v) is 3.51. The zero-order chi connectivity index (χ0) is 15.1. The number of pyridine rings is 1. The van der Waals surface area contributed by atoms with Crippen molar-refractivity contribution in [3.63, 3.8) is 0 Å². The van der Waals surface area contributed by atoms with Gasteiger partial charge in [0.25, 0.3) is 0 Å². The smallest absolute Gasteiger partial charge is 0.131 e. The molecule has 2 aromatic rings. The molecule has 1 aromatic heterocycles. The van der Waals surface area contributed by atoms with Crippen molar-refractivity contribution in [3.8, 4) is 11.1 Å². The van der Waals surface area contributed by atoms with Crippen molar-refractivity contribution in [2.24, 2.45) is 5.92 Å². The molecule has 5 heteroatoms. The van der Waals surface area contributed by atoms with Crippen LogP contribution in [-0.4, -0.2) is 30.7 Å². The summed E-state index contributed by atoms with van der Waals surface area (Å²) in [7, 11) is 0. The number of aromatic nitrogens is 1. The van der Waals surface area contributed by atoms with Gasteiger partial charge in [-0.05, 0) is 36.6 Å². The van der Waals surface area contributed by atoms with Gasteiger partial charge in [-0.3, -0.25) is 4.98 Å².